The van der Waals surface area contributed by atoms with Crippen LogP contribution in [0, 0.1) is 13.8 Å². The minimum absolute atomic E-state index is 0.0939. The van der Waals surface area contributed by atoms with Crippen molar-refractivity contribution in [2.75, 3.05) is 0 Å². The minimum Gasteiger partial charge on any atom is -0.303 e. The molecule has 0 aromatic carbocycles. The number of hydrogen-bond donors (Lipinski definition) is 0. The van der Waals surface area contributed by atoms with E-state index in [1.54, 1.807) is 0 Å². The summed E-state index contributed by atoms with van der Waals surface area (Å²) >= 11 is 0. The molecule has 0 N–H and O–H groups in total. The molecule has 0 aliphatic heterocycles. The van der Waals surface area contributed by atoms with Crippen molar-refractivity contribution in [3.05, 3.63) is 29.1 Å². The first kappa shape index (κ1) is 8.91. The van der Waals surface area contributed by atoms with Crippen molar-refractivity contribution in [3.8, 4) is 0 Å². The molecule has 12 heavy (non-hydrogen) atoms. The zero-order chi connectivity index (χ0) is 9.14. The van der Waals surface area contributed by atoms with E-state index in [1.807, 2.05) is 32.9 Å². The molecule has 0 amide bonds. The highest BCUT2D eigenvalue weighted by Gasteiger charge is 2.05. The predicted octanol–water partition coefficient (Wildman–Crippen LogP) is 2.00. The van der Waals surface area contributed by atoms with E-state index in [1.165, 1.54) is 0 Å². The maximum atomic E-state index is 10.5. The van der Waals surface area contributed by atoms with Crippen LogP contribution in [0.2, 0.25) is 0 Å². The molecule has 2 heteroatoms. The van der Waals surface area contributed by atoms with Crippen LogP contribution in [0.5, 0.6) is 0 Å². The Morgan fingerprint density at radius 2 is 2.08 bits per heavy atom. The fraction of sp³-hybridized carbons (Fsp3) is 0.400. The summed E-state index contributed by atoms with van der Waals surface area (Å²) in [5.41, 5.74) is 2.99. The summed E-state index contributed by atoms with van der Waals surface area (Å²) in [6.45, 7) is 5.80. The van der Waals surface area contributed by atoms with Gasteiger partial charge in [0.15, 0.2) is 0 Å². The maximum Gasteiger partial charge on any atom is 0.128 e. The van der Waals surface area contributed by atoms with E-state index < -0.39 is 0 Å². The lowest BCUT2D eigenvalue weighted by molar-refractivity contribution is -0.108. The lowest BCUT2D eigenvalue weighted by atomic mass is 10.1. The molecular weight excluding hydrogens is 150 g/mol. The average molecular weight is 163 g/mol. The van der Waals surface area contributed by atoms with Gasteiger partial charge < -0.3 is 4.79 Å². The van der Waals surface area contributed by atoms with Crippen molar-refractivity contribution >= 4 is 6.29 Å². The molecule has 2 nitrogen and oxygen atoms in total. The molecule has 0 aliphatic rings. The topological polar surface area (TPSA) is 30.0 Å². The summed E-state index contributed by atoms with van der Waals surface area (Å²) < 4.78 is 0. The van der Waals surface area contributed by atoms with Crippen LogP contribution in [0.15, 0.2) is 12.1 Å². The Kier molecular flexibility index (Phi) is 2.58. The number of nitrogens with zero attached hydrogens (tertiary/aromatic N) is 1. The molecule has 64 valence electrons. The third-order valence-electron chi connectivity index (χ3n) is 1.79. The average Bonchev–Trinajstić information content (AvgIpc) is 2.01. The van der Waals surface area contributed by atoms with Crippen LogP contribution in [0.1, 0.15) is 29.8 Å². The number of aryl methyl sites for hydroxylation is 2. The minimum atomic E-state index is -0.0939. The van der Waals surface area contributed by atoms with Gasteiger partial charge in [-0.25, -0.2) is 0 Å². The van der Waals surface area contributed by atoms with E-state index in [4.69, 9.17) is 0 Å². The van der Waals surface area contributed by atoms with E-state index >= 15 is 0 Å². The van der Waals surface area contributed by atoms with Gasteiger partial charge in [0.2, 0.25) is 0 Å². The zero-order valence-corrected chi connectivity index (χ0v) is 7.66. The Labute approximate surface area is 72.6 Å². The number of pyridine rings is 1. The van der Waals surface area contributed by atoms with Gasteiger partial charge in [-0.05, 0) is 31.5 Å². The summed E-state index contributed by atoms with van der Waals surface area (Å²) in [5.74, 6) is -0.0939. The molecular formula is C10H13NO. The Morgan fingerprint density at radius 3 is 2.58 bits per heavy atom. The Bertz CT molecular complexity index is 274. The van der Waals surface area contributed by atoms with Gasteiger partial charge in [0.05, 0.1) is 11.6 Å². The molecule has 0 spiro atoms. The Hall–Kier alpha value is -1.18. The van der Waals surface area contributed by atoms with Crippen LogP contribution in [0.3, 0.4) is 0 Å². The van der Waals surface area contributed by atoms with Crippen LogP contribution in [0.4, 0.5) is 0 Å². The van der Waals surface area contributed by atoms with Gasteiger partial charge in [-0.15, -0.1) is 0 Å². The van der Waals surface area contributed by atoms with Gasteiger partial charge in [0, 0.05) is 5.69 Å². The first-order valence-electron chi connectivity index (χ1n) is 4.04. The normalized spacial score (nSPS) is 12.6. The fourth-order valence-electron chi connectivity index (χ4n) is 1.18. The van der Waals surface area contributed by atoms with Gasteiger partial charge in [-0.3, -0.25) is 4.98 Å². The van der Waals surface area contributed by atoms with Crippen molar-refractivity contribution in [3.63, 3.8) is 0 Å². The van der Waals surface area contributed by atoms with Gasteiger partial charge in [-0.2, -0.15) is 0 Å². The van der Waals surface area contributed by atoms with Crippen LogP contribution in [-0.4, -0.2) is 11.3 Å². The summed E-state index contributed by atoms with van der Waals surface area (Å²) in [5, 5.41) is 0. The van der Waals surface area contributed by atoms with Crippen molar-refractivity contribution in [1.29, 1.82) is 0 Å². The van der Waals surface area contributed by atoms with E-state index in [9.17, 15) is 4.79 Å². The molecule has 1 rings (SSSR count). The highest BCUT2D eigenvalue weighted by Crippen LogP contribution is 2.12. The van der Waals surface area contributed by atoms with Crippen LogP contribution in [-0.2, 0) is 4.79 Å². The second kappa shape index (κ2) is 3.48. The van der Waals surface area contributed by atoms with Gasteiger partial charge in [0.1, 0.15) is 6.29 Å². The first-order chi connectivity index (χ1) is 5.63. The number of carbonyl (C=O) groups excluding carboxylic acids is 1. The lowest BCUT2D eigenvalue weighted by Crippen LogP contribution is -1.99. The summed E-state index contributed by atoms with van der Waals surface area (Å²) in [4.78, 5) is 14.8. The van der Waals surface area contributed by atoms with Gasteiger partial charge in [-0.1, -0.05) is 6.92 Å². The zero-order valence-electron chi connectivity index (χ0n) is 7.66. The van der Waals surface area contributed by atoms with Gasteiger partial charge in [0.25, 0.3) is 0 Å². The van der Waals surface area contributed by atoms with E-state index in [0.29, 0.717) is 0 Å². The molecule has 1 aromatic rings. The van der Waals surface area contributed by atoms with E-state index in [0.717, 1.165) is 23.2 Å². The molecule has 0 aliphatic carbocycles. The van der Waals surface area contributed by atoms with Crippen LogP contribution < -0.4 is 0 Å². The van der Waals surface area contributed by atoms with Crippen molar-refractivity contribution in [2.45, 2.75) is 26.7 Å². The van der Waals surface area contributed by atoms with Crippen molar-refractivity contribution in [1.82, 2.24) is 4.98 Å². The number of carbonyl (C=O) groups is 1. The quantitative estimate of drug-likeness (QED) is 0.624. The maximum absolute atomic E-state index is 10.5. The fourth-order valence-corrected chi connectivity index (χ4v) is 1.18. The lowest BCUT2D eigenvalue weighted by Gasteiger charge is -2.05. The highest BCUT2D eigenvalue weighted by molar-refractivity contribution is 5.60. The number of hydrogen-bond acceptors (Lipinski definition) is 2. The SMILES string of the molecule is Cc1cc(C)nc(C(C)C=O)c1. The summed E-state index contributed by atoms with van der Waals surface area (Å²) in [6.07, 6.45) is 0.918. The third kappa shape index (κ3) is 1.91. The predicted molar refractivity (Wildman–Crippen MR) is 48.2 cm³/mol. The number of aldehydes is 1. The molecule has 0 saturated carbocycles. The second-order valence-corrected chi connectivity index (χ2v) is 3.14. The van der Waals surface area contributed by atoms with Gasteiger partial charge >= 0.3 is 0 Å². The largest absolute Gasteiger partial charge is 0.303 e. The van der Waals surface area contributed by atoms with E-state index in [-0.39, 0.29) is 5.92 Å². The summed E-state index contributed by atoms with van der Waals surface area (Å²) in [7, 11) is 0. The molecule has 1 aromatic heterocycles. The standard InChI is InChI=1S/C10H13NO/c1-7-4-9(3)11-10(5-7)8(2)6-12/h4-6,8H,1-3H3. The Morgan fingerprint density at radius 1 is 1.42 bits per heavy atom. The monoisotopic (exact) mass is 163 g/mol. The molecule has 0 fully saturated rings. The van der Waals surface area contributed by atoms with Crippen molar-refractivity contribution < 1.29 is 4.79 Å². The van der Waals surface area contributed by atoms with E-state index in [2.05, 4.69) is 4.98 Å². The second-order valence-electron chi connectivity index (χ2n) is 3.14. The number of rotatable bonds is 2. The third-order valence-corrected chi connectivity index (χ3v) is 1.79. The van der Waals surface area contributed by atoms with Crippen molar-refractivity contribution in [2.24, 2.45) is 0 Å². The Balaban J connectivity index is 3.08. The highest BCUT2D eigenvalue weighted by atomic mass is 16.1. The first-order valence-corrected chi connectivity index (χ1v) is 4.04. The molecule has 1 unspecified atom stereocenters. The van der Waals surface area contributed by atoms with Crippen LogP contribution in [0.25, 0.3) is 0 Å². The molecule has 0 saturated heterocycles. The smallest absolute Gasteiger partial charge is 0.128 e. The molecule has 0 bridgehead atoms. The van der Waals surface area contributed by atoms with Crippen LogP contribution >= 0.6 is 0 Å². The molecule has 1 atom stereocenters. The molecule has 1 heterocycles. The summed E-state index contributed by atoms with van der Waals surface area (Å²) in [6, 6.07) is 3.95. The molecule has 0 radical (unpaired) electrons. The number of aromatic nitrogens is 1.